The van der Waals surface area contributed by atoms with E-state index in [0.717, 1.165) is 49.8 Å². The quantitative estimate of drug-likeness (QED) is 0.686. The molecule has 1 aliphatic heterocycles. The topological polar surface area (TPSA) is 65.9 Å². The van der Waals surface area contributed by atoms with Gasteiger partial charge in [0, 0.05) is 44.1 Å². The zero-order valence-corrected chi connectivity index (χ0v) is 16.2. The predicted molar refractivity (Wildman–Crippen MR) is 108 cm³/mol. The summed E-state index contributed by atoms with van der Waals surface area (Å²) in [5.41, 5.74) is 2.38. The Morgan fingerprint density at radius 1 is 1.07 bits per heavy atom. The van der Waals surface area contributed by atoms with Crippen LogP contribution in [0.5, 0.6) is 0 Å². The van der Waals surface area contributed by atoms with Crippen molar-refractivity contribution in [3.63, 3.8) is 0 Å². The average molecular weight is 382 g/mol. The van der Waals surface area contributed by atoms with Crippen molar-refractivity contribution in [2.45, 2.75) is 20.0 Å². The molecule has 0 aliphatic carbocycles. The number of aromatic amines is 1. The van der Waals surface area contributed by atoms with Gasteiger partial charge in [-0.25, -0.2) is 9.67 Å². The van der Waals surface area contributed by atoms with Gasteiger partial charge in [-0.2, -0.15) is 4.98 Å². The molecule has 1 saturated heterocycles. The molecular formula is C19H23N7S. The first kappa shape index (κ1) is 17.8. The summed E-state index contributed by atoms with van der Waals surface area (Å²) in [6, 6.07) is 8.46. The second-order valence-electron chi connectivity index (χ2n) is 6.64. The van der Waals surface area contributed by atoms with Gasteiger partial charge in [-0.15, -0.1) is 0 Å². The van der Waals surface area contributed by atoms with Crippen LogP contribution < -0.4 is 4.90 Å². The molecule has 1 N–H and O–H groups in total. The van der Waals surface area contributed by atoms with E-state index in [0.29, 0.717) is 11.4 Å². The van der Waals surface area contributed by atoms with Crippen LogP contribution in [0.4, 0.5) is 5.82 Å². The first-order valence-corrected chi connectivity index (χ1v) is 9.63. The highest BCUT2D eigenvalue weighted by molar-refractivity contribution is 7.71. The fourth-order valence-corrected chi connectivity index (χ4v) is 3.45. The molecule has 3 aromatic rings. The molecule has 4 rings (SSSR count). The number of piperazine rings is 1. The smallest absolute Gasteiger partial charge is 0.217 e. The molecule has 2 aromatic heterocycles. The van der Waals surface area contributed by atoms with Crippen molar-refractivity contribution in [3.05, 3.63) is 53.2 Å². The number of nitrogens with zero attached hydrogens (tertiary/aromatic N) is 6. The van der Waals surface area contributed by atoms with Crippen molar-refractivity contribution in [2.75, 3.05) is 31.1 Å². The summed E-state index contributed by atoms with van der Waals surface area (Å²) < 4.78 is 2.53. The maximum Gasteiger partial charge on any atom is 0.217 e. The van der Waals surface area contributed by atoms with E-state index < -0.39 is 0 Å². The van der Waals surface area contributed by atoms with Crippen LogP contribution in [0.3, 0.4) is 0 Å². The molecule has 0 spiro atoms. The Labute approximate surface area is 163 Å². The second kappa shape index (κ2) is 7.98. The zero-order chi connectivity index (χ0) is 18.6. The van der Waals surface area contributed by atoms with E-state index in [1.807, 2.05) is 10.9 Å². The molecule has 0 saturated carbocycles. The van der Waals surface area contributed by atoms with Crippen LogP contribution >= 0.6 is 12.2 Å². The highest BCUT2D eigenvalue weighted by atomic mass is 32.1. The molecule has 3 heterocycles. The molecule has 8 heteroatoms. The Morgan fingerprint density at radius 2 is 1.85 bits per heavy atom. The fraction of sp³-hybridized carbons (Fsp3) is 0.368. The lowest BCUT2D eigenvalue weighted by Gasteiger charge is -2.34. The minimum atomic E-state index is 0.584. The Bertz CT molecular complexity index is 925. The largest absolute Gasteiger partial charge is 0.353 e. The third-order valence-corrected chi connectivity index (χ3v) is 5.21. The monoisotopic (exact) mass is 381 g/mol. The minimum Gasteiger partial charge on any atom is -0.353 e. The molecular weight excluding hydrogens is 358 g/mol. The number of anilines is 1. The van der Waals surface area contributed by atoms with Gasteiger partial charge in [-0.1, -0.05) is 31.2 Å². The van der Waals surface area contributed by atoms with E-state index in [4.69, 9.17) is 12.2 Å². The first-order valence-electron chi connectivity index (χ1n) is 9.22. The maximum absolute atomic E-state index is 5.45. The van der Waals surface area contributed by atoms with Gasteiger partial charge in [-0.3, -0.25) is 15.0 Å². The molecule has 0 amide bonds. The Morgan fingerprint density at radius 3 is 2.52 bits per heavy atom. The van der Waals surface area contributed by atoms with E-state index in [-0.39, 0.29) is 0 Å². The van der Waals surface area contributed by atoms with E-state index >= 15 is 0 Å². The summed E-state index contributed by atoms with van der Waals surface area (Å²) in [6.45, 7) is 6.60. The van der Waals surface area contributed by atoms with Gasteiger partial charge in [0.25, 0.3) is 0 Å². The fourth-order valence-electron chi connectivity index (χ4n) is 3.25. The van der Waals surface area contributed by atoms with Gasteiger partial charge >= 0.3 is 0 Å². The van der Waals surface area contributed by atoms with E-state index in [1.165, 1.54) is 5.56 Å². The number of aromatic nitrogens is 5. The number of aryl methyl sites for hydroxylation is 1. The number of hydrogen-bond acceptors (Lipinski definition) is 6. The van der Waals surface area contributed by atoms with Crippen molar-refractivity contribution in [1.29, 1.82) is 0 Å². The van der Waals surface area contributed by atoms with Crippen molar-refractivity contribution >= 4 is 18.0 Å². The lowest BCUT2D eigenvalue weighted by Crippen LogP contribution is -2.47. The maximum atomic E-state index is 5.45. The number of hydrogen-bond donors (Lipinski definition) is 1. The molecule has 0 atom stereocenters. The molecule has 1 fully saturated rings. The normalized spacial score (nSPS) is 15.2. The minimum absolute atomic E-state index is 0.584. The molecule has 0 bridgehead atoms. The van der Waals surface area contributed by atoms with Crippen LogP contribution in [0.15, 0.2) is 42.9 Å². The lowest BCUT2D eigenvalue weighted by atomic mass is 10.1. The summed E-state index contributed by atoms with van der Waals surface area (Å²) >= 11 is 5.45. The van der Waals surface area contributed by atoms with Gasteiger partial charge in [-0.05, 0) is 24.2 Å². The first-order chi connectivity index (χ1) is 13.2. The van der Waals surface area contributed by atoms with Gasteiger partial charge in [0.2, 0.25) is 4.77 Å². The highest BCUT2D eigenvalue weighted by Gasteiger charge is 2.19. The van der Waals surface area contributed by atoms with Crippen LogP contribution in [0.2, 0.25) is 0 Å². The molecule has 140 valence electrons. The van der Waals surface area contributed by atoms with Crippen molar-refractivity contribution in [2.24, 2.45) is 0 Å². The number of H-pyrrole nitrogens is 1. The zero-order valence-electron chi connectivity index (χ0n) is 15.4. The van der Waals surface area contributed by atoms with Crippen LogP contribution in [0.25, 0.3) is 11.4 Å². The van der Waals surface area contributed by atoms with Crippen LogP contribution in [0, 0.1) is 4.77 Å². The summed E-state index contributed by atoms with van der Waals surface area (Å²) in [5, 5.41) is 3.35. The van der Waals surface area contributed by atoms with Gasteiger partial charge in [0.1, 0.15) is 5.82 Å². The molecule has 7 nitrogen and oxygen atoms in total. The highest BCUT2D eigenvalue weighted by Crippen LogP contribution is 2.17. The molecule has 1 aromatic carbocycles. The standard InChI is InChI=1S/C19H23N7S/c1-2-15-3-5-16(6-4-15)18-22-19(27)26(23-18)14-24-9-11-25(12-10-24)17-13-20-7-8-21-17/h3-8,13H,2,9-12,14H2,1H3,(H,22,23,27). The van der Waals surface area contributed by atoms with E-state index in [2.05, 4.69) is 61.0 Å². The molecule has 27 heavy (non-hydrogen) atoms. The van der Waals surface area contributed by atoms with Crippen LogP contribution in [-0.4, -0.2) is 55.8 Å². The van der Waals surface area contributed by atoms with Crippen molar-refractivity contribution < 1.29 is 0 Å². The summed E-state index contributed by atoms with van der Waals surface area (Å²) in [5.74, 6) is 1.76. The van der Waals surface area contributed by atoms with Gasteiger partial charge < -0.3 is 4.90 Å². The summed E-state index contributed by atoms with van der Waals surface area (Å²) in [4.78, 5) is 17.7. The average Bonchev–Trinajstić information content (AvgIpc) is 3.09. The van der Waals surface area contributed by atoms with Crippen molar-refractivity contribution in [3.8, 4) is 11.4 Å². The number of benzene rings is 1. The summed E-state index contributed by atoms with van der Waals surface area (Å²) in [6.07, 6.45) is 6.29. The number of nitrogens with one attached hydrogen (secondary N) is 1. The second-order valence-corrected chi connectivity index (χ2v) is 7.01. The Hall–Kier alpha value is -2.58. The molecule has 0 unspecified atom stereocenters. The van der Waals surface area contributed by atoms with Crippen molar-refractivity contribution in [1.82, 2.24) is 29.6 Å². The van der Waals surface area contributed by atoms with Gasteiger partial charge in [0.05, 0.1) is 12.9 Å². The number of rotatable bonds is 5. The predicted octanol–water partition coefficient (Wildman–Crippen LogP) is 2.74. The van der Waals surface area contributed by atoms with E-state index in [1.54, 1.807) is 12.4 Å². The third kappa shape index (κ3) is 4.06. The Balaban J connectivity index is 1.40. The Kier molecular flexibility index (Phi) is 5.26. The third-order valence-electron chi connectivity index (χ3n) is 4.90. The lowest BCUT2D eigenvalue weighted by molar-refractivity contribution is 0.194. The van der Waals surface area contributed by atoms with Crippen LogP contribution in [-0.2, 0) is 13.1 Å². The molecule has 0 radical (unpaired) electrons. The molecule has 1 aliphatic rings. The summed E-state index contributed by atoms with van der Waals surface area (Å²) in [7, 11) is 0. The van der Waals surface area contributed by atoms with E-state index in [9.17, 15) is 0 Å². The van der Waals surface area contributed by atoms with Gasteiger partial charge in [0.15, 0.2) is 5.82 Å². The SMILES string of the molecule is CCc1ccc(-c2nc(=S)n(CN3CCN(c4cnccn4)CC3)[nH]2)cc1. The van der Waals surface area contributed by atoms with Crippen LogP contribution in [0.1, 0.15) is 12.5 Å².